The lowest BCUT2D eigenvalue weighted by molar-refractivity contribution is -0.140. The minimum absolute atomic E-state index is 0.262. The number of nitrogens with zero attached hydrogens (tertiary/aromatic N) is 2. The molecule has 1 rings (SSSR count). The number of carbonyl (C=O) groups is 1. The number of esters is 1. The SMILES string of the molecule is COCc1nc(Cl)cc(NCCC(=O)OC)n1. The molecule has 1 aromatic rings. The summed E-state index contributed by atoms with van der Waals surface area (Å²) < 4.78 is 9.43. The smallest absolute Gasteiger partial charge is 0.307 e. The molecule has 6 nitrogen and oxygen atoms in total. The Morgan fingerprint density at radius 3 is 2.88 bits per heavy atom. The van der Waals surface area contributed by atoms with Gasteiger partial charge in [0.15, 0.2) is 5.82 Å². The highest BCUT2D eigenvalue weighted by Gasteiger charge is 2.04. The summed E-state index contributed by atoms with van der Waals surface area (Å²) in [5.41, 5.74) is 0. The summed E-state index contributed by atoms with van der Waals surface area (Å²) in [6.07, 6.45) is 0.262. The van der Waals surface area contributed by atoms with E-state index >= 15 is 0 Å². The minimum atomic E-state index is -0.283. The summed E-state index contributed by atoms with van der Waals surface area (Å²) in [6.45, 7) is 0.707. The molecule has 94 valence electrons. The van der Waals surface area contributed by atoms with E-state index in [9.17, 15) is 4.79 Å². The molecule has 0 spiro atoms. The number of halogens is 1. The third kappa shape index (κ3) is 4.97. The summed E-state index contributed by atoms with van der Waals surface area (Å²) in [4.78, 5) is 19.0. The molecule has 0 aliphatic rings. The molecule has 0 unspecified atom stereocenters. The summed E-state index contributed by atoms with van der Waals surface area (Å²) in [7, 11) is 2.90. The Morgan fingerprint density at radius 2 is 2.24 bits per heavy atom. The molecule has 0 bridgehead atoms. The van der Waals surface area contributed by atoms with Crippen LogP contribution in [-0.2, 0) is 20.9 Å². The Morgan fingerprint density at radius 1 is 1.47 bits per heavy atom. The lowest BCUT2D eigenvalue weighted by Crippen LogP contribution is -2.11. The second kappa shape index (κ2) is 7.03. The van der Waals surface area contributed by atoms with Crippen LogP contribution < -0.4 is 5.32 Å². The average molecular weight is 260 g/mol. The fraction of sp³-hybridized carbons (Fsp3) is 0.500. The van der Waals surface area contributed by atoms with Crippen LogP contribution >= 0.6 is 11.6 Å². The Bertz CT molecular complexity index is 387. The zero-order valence-electron chi connectivity index (χ0n) is 9.70. The molecule has 0 aliphatic carbocycles. The van der Waals surface area contributed by atoms with Gasteiger partial charge in [0.2, 0.25) is 0 Å². The Kier molecular flexibility index (Phi) is 5.65. The normalized spacial score (nSPS) is 10.1. The van der Waals surface area contributed by atoms with Crippen LogP contribution in [0.3, 0.4) is 0 Å². The van der Waals surface area contributed by atoms with E-state index in [1.807, 2.05) is 0 Å². The standard InChI is InChI=1S/C10H14ClN3O3/c1-16-6-9-13-7(11)5-8(14-9)12-4-3-10(15)17-2/h5H,3-4,6H2,1-2H3,(H,12,13,14). The first kappa shape index (κ1) is 13.7. The zero-order chi connectivity index (χ0) is 12.7. The van der Waals surface area contributed by atoms with E-state index in [1.54, 1.807) is 13.2 Å². The Balaban J connectivity index is 2.55. The van der Waals surface area contributed by atoms with Gasteiger partial charge < -0.3 is 14.8 Å². The predicted octanol–water partition coefficient (Wildman–Crippen LogP) is 1.25. The highest BCUT2D eigenvalue weighted by Crippen LogP contribution is 2.12. The minimum Gasteiger partial charge on any atom is -0.469 e. The number of carbonyl (C=O) groups excluding carboxylic acids is 1. The fourth-order valence-electron chi connectivity index (χ4n) is 1.14. The van der Waals surface area contributed by atoms with Crippen molar-refractivity contribution in [2.45, 2.75) is 13.0 Å². The van der Waals surface area contributed by atoms with Crippen molar-refractivity contribution in [3.8, 4) is 0 Å². The number of hydrogen-bond acceptors (Lipinski definition) is 6. The van der Waals surface area contributed by atoms with E-state index in [-0.39, 0.29) is 19.0 Å². The molecule has 1 heterocycles. The van der Waals surface area contributed by atoms with Gasteiger partial charge in [-0.15, -0.1) is 0 Å². The Hall–Kier alpha value is -1.40. The number of methoxy groups -OCH3 is 2. The molecule has 0 radical (unpaired) electrons. The topological polar surface area (TPSA) is 73.3 Å². The Labute approximate surface area is 104 Å². The molecular weight excluding hydrogens is 246 g/mol. The number of anilines is 1. The van der Waals surface area contributed by atoms with Crippen molar-refractivity contribution in [2.75, 3.05) is 26.1 Å². The van der Waals surface area contributed by atoms with Crippen LogP contribution in [0.4, 0.5) is 5.82 Å². The van der Waals surface area contributed by atoms with Crippen LogP contribution in [0.5, 0.6) is 0 Å². The van der Waals surface area contributed by atoms with Crippen molar-refractivity contribution >= 4 is 23.4 Å². The second-order valence-electron chi connectivity index (χ2n) is 3.18. The maximum absolute atomic E-state index is 10.9. The highest BCUT2D eigenvalue weighted by molar-refractivity contribution is 6.29. The first-order valence-corrected chi connectivity index (χ1v) is 5.36. The van der Waals surface area contributed by atoms with Crippen molar-refractivity contribution in [1.82, 2.24) is 9.97 Å². The van der Waals surface area contributed by atoms with Crippen LogP contribution in [0.15, 0.2) is 6.07 Å². The van der Waals surface area contributed by atoms with Crippen LogP contribution in [0.1, 0.15) is 12.2 Å². The van der Waals surface area contributed by atoms with E-state index in [4.69, 9.17) is 16.3 Å². The average Bonchev–Trinajstić information content (AvgIpc) is 2.28. The summed E-state index contributed by atoms with van der Waals surface area (Å²) in [5, 5.41) is 3.28. The maximum atomic E-state index is 10.9. The van der Waals surface area contributed by atoms with Gasteiger partial charge in [-0.3, -0.25) is 4.79 Å². The largest absolute Gasteiger partial charge is 0.469 e. The number of aromatic nitrogens is 2. The summed E-state index contributed by atoms with van der Waals surface area (Å²) in [5.74, 6) is 0.760. The highest BCUT2D eigenvalue weighted by atomic mass is 35.5. The molecule has 0 saturated carbocycles. The van der Waals surface area contributed by atoms with Crippen molar-refractivity contribution in [3.63, 3.8) is 0 Å². The molecule has 0 fully saturated rings. The second-order valence-corrected chi connectivity index (χ2v) is 3.57. The molecular formula is C10H14ClN3O3. The van der Waals surface area contributed by atoms with Crippen LogP contribution in [0, 0.1) is 0 Å². The molecule has 0 atom stereocenters. The first-order valence-electron chi connectivity index (χ1n) is 4.98. The molecule has 0 amide bonds. The number of ether oxygens (including phenoxy) is 2. The zero-order valence-corrected chi connectivity index (χ0v) is 10.5. The first-order chi connectivity index (χ1) is 8.15. The fourth-order valence-corrected chi connectivity index (χ4v) is 1.34. The van der Waals surface area contributed by atoms with E-state index in [2.05, 4.69) is 20.0 Å². The van der Waals surface area contributed by atoms with Gasteiger partial charge in [0, 0.05) is 19.7 Å². The molecule has 0 aliphatic heterocycles. The van der Waals surface area contributed by atoms with Gasteiger partial charge in [-0.1, -0.05) is 11.6 Å². The van der Waals surface area contributed by atoms with E-state index in [0.717, 1.165) is 0 Å². The van der Waals surface area contributed by atoms with Crippen LogP contribution in [0.25, 0.3) is 0 Å². The predicted molar refractivity (Wildman–Crippen MR) is 62.9 cm³/mol. The van der Waals surface area contributed by atoms with Gasteiger partial charge in [0.25, 0.3) is 0 Å². The molecule has 0 aromatic carbocycles. The van der Waals surface area contributed by atoms with E-state index < -0.39 is 0 Å². The van der Waals surface area contributed by atoms with Gasteiger partial charge in [-0.05, 0) is 0 Å². The van der Waals surface area contributed by atoms with Gasteiger partial charge in [0.1, 0.15) is 17.6 Å². The third-order valence-electron chi connectivity index (χ3n) is 1.88. The lowest BCUT2D eigenvalue weighted by Gasteiger charge is -2.06. The van der Waals surface area contributed by atoms with Crippen molar-refractivity contribution in [2.24, 2.45) is 0 Å². The van der Waals surface area contributed by atoms with Crippen molar-refractivity contribution in [3.05, 3.63) is 17.0 Å². The number of hydrogen-bond donors (Lipinski definition) is 1. The molecule has 1 aromatic heterocycles. The van der Waals surface area contributed by atoms with E-state index in [0.29, 0.717) is 23.3 Å². The van der Waals surface area contributed by atoms with E-state index in [1.165, 1.54) is 7.11 Å². The van der Waals surface area contributed by atoms with Gasteiger partial charge >= 0.3 is 5.97 Å². The van der Waals surface area contributed by atoms with Gasteiger partial charge in [-0.2, -0.15) is 0 Å². The molecule has 1 N–H and O–H groups in total. The third-order valence-corrected chi connectivity index (χ3v) is 2.07. The molecule has 17 heavy (non-hydrogen) atoms. The monoisotopic (exact) mass is 259 g/mol. The number of rotatable bonds is 6. The lowest BCUT2D eigenvalue weighted by atomic mass is 10.4. The van der Waals surface area contributed by atoms with Crippen molar-refractivity contribution in [1.29, 1.82) is 0 Å². The van der Waals surface area contributed by atoms with Gasteiger partial charge in [0.05, 0.1) is 13.5 Å². The number of nitrogens with one attached hydrogen (secondary N) is 1. The molecule has 0 saturated heterocycles. The van der Waals surface area contributed by atoms with Crippen LogP contribution in [-0.4, -0.2) is 36.7 Å². The van der Waals surface area contributed by atoms with Gasteiger partial charge in [-0.25, -0.2) is 9.97 Å². The maximum Gasteiger partial charge on any atom is 0.307 e. The van der Waals surface area contributed by atoms with Crippen LogP contribution in [0.2, 0.25) is 5.15 Å². The van der Waals surface area contributed by atoms with Crippen molar-refractivity contribution < 1.29 is 14.3 Å². The summed E-state index contributed by atoms with van der Waals surface area (Å²) >= 11 is 5.82. The molecule has 7 heteroatoms. The quantitative estimate of drug-likeness (QED) is 0.612. The summed E-state index contributed by atoms with van der Waals surface area (Å²) in [6, 6.07) is 1.58.